The van der Waals surface area contributed by atoms with Crippen molar-refractivity contribution in [2.24, 2.45) is 5.92 Å². The Balaban J connectivity index is 2.56. The zero-order valence-corrected chi connectivity index (χ0v) is 19.9. The summed E-state index contributed by atoms with van der Waals surface area (Å²) in [4.78, 5) is 33.5. The molecule has 32 heavy (non-hydrogen) atoms. The van der Waals surface area contributed by atoms with E-state index in [2.05, 4.69) is 36.0 Å². The van der Waals surface area contributed by atoms with Crippen molar-refractivity contribution in [3.8, 4) is 0 Å². The number of rotatable bonds is 10. The Bertz CT molecular complexity index is 936. The van der Waals surface area contributed by atoms with Crippen molar-refractivity contribution in [1.29, 1.82) is 0 Å². The zero-order chi connectivity index (χ0) is 23.7. The van der Waals surface area contributed by atoms with Gasteiger partial charge in [-0.1, -0.05) is 38.7 Å². The molecule has 8 heteroatoms. The number of aromatic nitrogens is 1. The quantitative estimate of drug-likeness (QED) is 0.391. The Kier molecular flexibility index (Phi) is 9.68. The molecule has 1 aliphatic heterocycles. The molecule has 0 spiro atoms. The molecule has 0 aliphatic carbocycles. The molecular formula is C24H32ClN5O2. The van der Waals surface area contributed by atoms with Gasteiger partial charge in [-0.15, -0.1) is 11.6 Å². The van der Waals surface area contributed by atoms with E-state index in [0.717, 1.165) is 6.42 Å². The maximum Gasteiger partial charge on any atom is 0.333 e. The van der Waals surface area contributed by atoms with Crippen molar-refractivity contribution in [3.05, 3.63) is 66.2 Å². The van der Waals surface area contributed by atoms with Crippen molar-refractivity contribution in [2.45, 2.75) is 33.7 Å². The molecule has 0 bridgehead atoms. The molecule has 1 aromatic rings. The molecule has 0 saturated carbocycles. The third-order valence-corrected chi connectivity index (χ3v) is 4.95. The average molecular weight is 458 g/mol. The van der Waals surface area contributed by atoms with Crippen molar-refractivity contribution in [2.75, 3.05) is 29.7 Å². The fraction of sp³-hybridized carbons (Fsp3) is 0.375. The monoisotopic (exact) mass is 457 g/mol. The number of fused-ring (bicyclic) bond motifs is 1. The number of urea groups is 1. The summed E-state index contributed by atoms with van der Waals surface area (Å²) in [6.45, 7) is 10.5. The van der Waals surface area contributed by atoms with E-state index in [1.807, 2.05) is 31.2 Å². The number of carbonyl (C=O) groups excluding carboxylic acids is 2. The van der Waals surface area contributed by atoms with Gasteiger partial charge >= 0.3 is 6.03 Å². The van der Waals surface area contributed by atoms with Crippen LogP contribution in [0.25, 0.3) is 0 Å². The van der Waals surface area contributed by atoms with Crippen LogP contribution in [0.5, 0.6) is 0 Å². The van der Waals surface area contributed by atoms with E-state index < -0.39 is 0 Å². The van der Waals surface area contributed by atoms with Gasteiger partial charge in [0.1, 0.15) is 5.82 Å². The summed E-state index contributed by atoms with van der Waals surface area (Å²) < 4.78 is 0. The highest BCUT2D eigenvalue weighted by Crippen LogP contribution is 2.34. The third-order valence-electron chi connectivity index (χ3n) is 4.78. The second kappa shape index (κ2) is 12.2. The van der Waals surface area contributed by atoms with Gasteiger partial charge in [0.25, 0.3) is 0 Å². The largest absolute Gasteiger partial charge is 0.333 e. The van der Waals surface area contributed by atoms with Crippen LogP contribution >= 0.6 is 11.6 Å². The fourth-order valence-electron chi connectivity index (χ4n) is 3.25. The highest BCUT2D eigenvalue weighted by Gasteiger charge is 2.34. The summed E-state index contributed by atoms with van der Waals surface area (Å²) in [6, 6.07) is 3.31. The molecule has 2 heterocycles. The van der Waals surface area contributed by atoms with Gasteiger partial charge in [0.2, 0.25) is 5.91 Å². The molecule has 1 aromatic heterocycles. The number of nitrogens with one attached hydrogen (secondary N) is 2. The van der Waals surface area contributed by atoms with Gasteiger partial charge < -0.3 is 10.6 Å². The number of nitrogens with zero attached hydrogens (tertiary/aromatic N) is 3. The van der Waals surface area contributed by atoms with Crippen LogP contribution in [-0.2, 0) is 11.3 Å². The number of carbonyl (C=O) groups is 2. The summed E-state index contributed by atoms with van der Waals surface area (Å²) >= 11 is 5.82. The first kappa shape index (κ1) is 25.4. The molecule has 0 radical (unpaired) electrons. The van der Waals surface area contributed by atoms with E-state index >= 15 is 0 Å². The van der Waals surface area contributed by atoms with Gasteiger partial charge in [-0.3, -0.25) is 14.6 Å². The highest BCUT2D eigenvalue weighted by molar-refractivity contribution is 6.18. The van der Waals surface area contributed by atoms with Crippen molar-refractivity contribution >= 4 is 35.0 Å². The van der Waals surface area contributed by atoms with Gasteiger partial charge in [0, 0.05) is 17.3 Å². The summed E-state index contributed by atoms with van der Waals surface area (Å²) in [5.41, 5.74) is 2.75. The first-order valence-corrected chi connectivity index (χ1v) is 11.2. The van der Waals surface area contributed by atoms with Gasteiger partial charge in [-0.25, -0.2) is 9.78 Å². The lowest BCUT2D eigenvalue weighted by atomic mass is 10.1. The van der Waals surface area contributed by atoms with Crippen LogP contribution in [0.4, 0.5) is 16.3 Å². The lowest BCUT2D eigenvalue weighted by Crippen LogP contribution is -2.46. The second-order valence-electron chi connectivity index (χ2n) is 7.68. The minimum absolute atomic E-state index is 0.181. The number of allylic oxidation sites excluding steroid dienone is 5. The summed E-state index contributed by atoms with van der Waals surface area (Å²) in [5.74, 6) is 1.01. The lowest BCUT2D eigenvalue weighted by molar-refractivity contribution is -0.115. The van der Waals surface area contributed by atoms with Crippen LogP contribution in [0.1, 0.15) is 32.9 Å². The predicted octanol–water partition coefficient (Wildman–Crippen LogP) is 4.80. The third kappa shape index (κ3) is 6.31. The second-order valence-corrected chi connectivity index (χ2v) is 7.99. The molecule has 0 fully saturated rings. The van der Waals surface area contributed by atoms with Crippen molar-refractivity contribution < 1.29 is 9.59 Å². The SMILES string of the molecule is C=CC(=CCC(C)C)N1C(=O)N(C(C=CCCl)=CC)Cc2nc(NC(=O)CNC)ccc21. The van der Waals surface area contributed by atoms with E-state index in [4.69, 9.17) is 11.6 Å². The number of amides is 3. The number of likely N-dealkylation sites (N-methyl/N-ethyl adjacent to an activating group) is 1. The number of hydrogen-bond acceptors (Lipinski definition) is 4. The van der Waals surface area contributed by atoms with Crippen LogP contribution in [0, 0.1) is 5.92 Å². The molecule has 0 unspecified atom stereocenters. The van der Waals surface area contributed by atoms with Crippen LogP contribution in [0.2, 0.25) is 0 Å². The normalized spacial score (nSPS) is 14.9. The molecule has 3 amide bonds. The lowest BCUT2D eigenvalue weighted by Gasteiger charge is -2.37. The van der Waals surface area contributed by atoms with Gasteiger partial charge in [-0.05, 0) is 50.6 Å². The van der Waals surface area contributed by atoms with Gasteiger partial charge in [-0.2, -0.15) is 0 Å². The minimum Gasteiger partial charge on any atom is -0.311 e. The van der Waals surface area contributed by atoms with E-state index in [1.165, 1.54) is 0 Å². The van der Waals surface area contributed by atoms with E-state index in [1.54, 1.807) is 35.1 Å². The topological polar surface area (TPSA) is 77.6 Å². The smallest absolute Gasteiger partial charge is 0.311 e. The average Bonchev–Trinajstić information content (AvgIpc) is 2.76. The maximum atomic E-state index is 13.6. The minimum atomic E-state index is -0.200. The van der Waals surface area contributed by atoms with E-state index in [0.29, 0.717) is 40.4 Å². The van der Waals surface area contributed by atoms with Gasteiger partial charge in [0.15, 0.2) is 0 Å². The summed E-state index contributed by atoms with van der Waals surface area (Å²) in [7, 11) is 1.70. The Labute approximate surface area is 195 Å². The van der Waals surface area contributed by atoms with Crippen LogP contribution < -0.4 is 15.5 Å². The van der Waals surface area contributed by atoms with E-state index in [-0.39, 0.29) is 25.0 Å². The Morgan fingerprint density at radius 1 is 1.34 bits per heavy atom. The standard InChI is InChI=1S/C24H32ClN5O2/c1-6-18(9-8-14-25)29-16-20-21(12-13-22(27-20)28-23(31)15-26-5)30(24(29)32)19(7-2)11-10-17(3)4/h6-9,11-13,17,26H,2,10,14-16H2,1,3-5H3,(H,27,28,31). The zero-order valence-electron chi connectivity index (χ0n) is 19.2. The van der Waals surface area contributed by atoms with E-state index in [9.17, 15) is 9.59 Å². The molecule has 0 saturated heterocycles. The molecule has 0 aromatic carbocycles. The number of alkyl halides is 1. The molecule has 1 aliphatic rings. The van der Waals surface area contributed by atoms with Gasteiger partial charge in [0.05, 0.1) is 24.5 Å². The predicted molar refractivity (Wildman–Crippen MR) is 132 cm³/mol. The highest BCUT2D eigenvalue weighted by atomic mass is 35.5. The van der Waals surface area contributed by atoms with Crippen LogP contribution in [-0.4, -0.2) is 41.3 Å². The maximum absolute atomic E-state index is 13.6. The molecule has 172 valence electrons. The molecule has 7 nitrogen and oxygen atoms in total. The first-order chi connectivity index (χ1) is 15.4. The summed E-state index contributed by atoms with van der Waals surface area (Å²) in [6.07, 6.45) is 9.95. The molecular weight excluding hydrogens is 426 g/mol. The van der Waals surface area contributed by atoms with Crippen LogP contribution in [0.3, 0.4) is 0 Å². The molecule has 2 N–H and O–H groups in total. The summed E-state index contributed by atoms with van der Waals surface area (Å²) in [5, 5.41) is 5.59. The fourth-order valence-corrected chi connectivity index (χ4v) is 3.34. The first-order valence-electron chi connectivity index (χ1n) is 10.6. The van der Waals surface area contributed by atoms with Crippen molar-refractivity contribution in [1.82, 2.24) is 15.2 Å². The number of pyridine rings is 1. The Hall–Kier alpha value is -2.90. The number of halogens is 1. The molecule has 2 rings (SSSR count). The molecule has 0 atom stereocenters. The number of hydrogen-bond donors (Lipinski definition) is 2. The Morgan fingerprint density at radius 2 is 2.09 bits per heavy atom. The van der Waals surface area contributed by atoms with Crippen molar-refractivity contribution in [3.63, 3.8) is 0 Å². The number of anilines is 2. The van der Waals surface area contributed by atoms with Crippen LogP contribution in [0.15, 0.2) is 60.5 Å². The Morgan fingerprint density at radius 3 is 2.69 bits per heavy atom.